The molecule has 0 saturated carbocycles. The van der Waals surface area contributed by atoms with Gasteiger partial charge in [0, 0.05) is 18.3 Å². The SMILES string of the molecule is COc1cc(Cn2cc(Br)cn2)ccc1CN. The zero-order valence-corrected chi connectivity index (χ0v) is 11.1. The second-order valence-electron chi connectivity index (χ2n) is 3.71. The van der Waals surface area contributed by atoms with Crippen LogP contribution in [0.15, 0.2) is 35.1 Å². The molecule has 2 aromatic rings. The van der Waals surface area contributed by atoms with Gasteiger partial charge in [0.25, 0.3) is 0 Å². The minimum absolute atomic E-state index is 0.483. The van der Waals surface area contributed by atoms with Gasteiger partial charge in [-0.15, -0.1) is 0 Å². The van der Waals surface area contributed by atoms with Gasteiger partial charge in [-0.3, -0.25) is 4.68 Å². The van der Waals surface area contributed by atoms with Crippen LogP contribution in [0, 0.1) is 0 Å². The Morgan fingerprint density at radius 1 is 1.47 bits per heavy atom. The Labute approximate surface area is 109 Å². The summed E-state index contributed by atoms with van der Waals surface area (Å²) in [6.07, 6.45) is 3.70. The number of hydrogen-bond acceptors (Lipinski definition) is 3. The van der Waals surface area contributed by atoms with Crippen molar-refractivity contribution in [2.45, 2.75) is 13.1 Å². The van der Waals surface area contributed by atoms with Gasteiger partial charge in [-0.25, -0.2) is 0 Å². The van der Waals surface area contributed by atoms with Crippen molar-refractivity contribution in [2.24, 2.45) is 5.73 Å². The second kappa shape index (κ2) is 5.33. The minimum atomic E-state index is 0.483. The molecule has 5 heteroatoms. The first-order valence-electron chi connectivity index (χ1n) is 5.26. The van der Waals surface area contributed by atoms with Crippen molar-refractivity contribution < 1.29 is 4.74 Å². The number of hydrogen-bond donors (Lipinski definition) is 1. The zero-order valence-electron chi connectivity index (χ0n) is 9.56. The molecule has 2 N–H and O–H groups in total. The van der Waals surface area contributed by atoms with Crippen LogP contribution in [0.2, 0.25) is 0 Å². The third-order valence-electron chi connectivity index (χ3n) is 2.52. The fourth-order valence-electron chi connectivity index (χ4n) is 1.67. The van der Waals surface area contributed by atoms with Crippen molar-refractivity contribution in [3.8, 4) is 5.75 Å². The third-order valence-corrected chi connectivity index (χ3v) is 2.93. The van der Waals surface area contributed by atoms with E-state index in [2.05, 4.69) is 21.0 Å². The largest absolute Gasteiger partial charge is 0.496 e. The number of nitrogens with zero attached hydrogens (tertiary/aromatic N) is 2. The lowest BCUT2D eigenvalue weighted by molar-refractivity contribution is 0.409. The van der Waals surface area contributed by atoms with E-state index in [0.717, 1.165) is 21.3 Å². The average molecular weight is 296 g/mol. The maximum absolute atomic E-state index is 5.63. The van der Waals surface area contributed by atoms with Gasteiger partial charge < -0.3 is 10.5 Å². The predicted molar refractivity (Wildman–Crippen MR) is 69.9 cm³/mol. The van der Waals surface area contributed by atoms with Crippen LogP contribution in [0.3, 0.4) is 0 Å². The summed E-state index contributed by atoms with van der Waals surface area (Å²) in [6, 6.07) is 6.03. The van der Waals surface area contributed by atoms with Crippen LogP contribution in [0.1, 0.15) is 11.1 Å². The molecule has 0 radical (unpaired) electrons. The number of rotatable bonds is 4. The normalized spacial score (nSPS) is 10.5. The number of aromatic nitrogens is 2. The zero-order chi connectivity index (χ0) is 12.3. The molecule has 0 atom stereocenters. The first kappa shape index (κ1) is 12.1. The third kappa shape index (κ3) is 2.87. The fraction of sp³-hybridized carbons (Fsp3) is 0.250. The molecule has 90 valence electrons. The summed E-state index contributed by atoms with van der Waals surface area (Å²) in [4.78, 5) is 0. The molecule has 1 aromatic carbocycles. The maximum atomic E-state index is 5.63. The highest BCUT2D eigenvalue weighted by atomic mass is 79.9. The van der Waals surface area contributed by atoms with Crippen LogP contribution >= 0.6 is 15.9 Å². The number of ether oxygens (including phenoxy) is 1. The van der Waals surface area contributed by atoms with Crippen LogP contribution < -0.4 is 10.5 Å². The van der Waals surface area contributed by atoms with Gasteiger partial charge in [0.1, 0.15) is 5.75 Å². The van der Waals surface area contributed by atoms with Crippen molar-refractivity contribution in [3.63, 3.8) is 0 Å². The van der Waals surface area contributed by atoms with Gasteiger partial charge in [0.2, 0.25) is 0 Å². The Kier molecular flexibility index (Phi) is 3.81. The van der Waals surface area contributed by atoms with Crippen molar-refractivity contribution in [3.05, 3.63) is 46.2 Å². The molecule has 1 aromatic heterocycles. The molecule has 0 aliphatic heterocycles. The Bertz CT molecular complexity index is 510. The van der Waals surface area contributed by atoms with Crippen molar-refractivity contribution >= 4 is 15.9 Å². The average Bonchev–Trinajstić information content (AvgIpc) is 2.74. The Hall–Kier alpha value is -1.33. The summed E-state index contributed by atoms with van der Waals surface area (Å²) in [5.41, 5.74) is 7.77. The molecule has 0 aliphatic carbocycles. The van der Waals surface area contributed by atoms with E-state index in [4.69, 9.17) is 10.5 Å². The molecule has 0 bridgehead atoms. The van der Waals surface area contributed by atoms with Crippen LogP contribution in [-0.4, -0.2) is 16.9 Å². The summed E-state index contributed by atoms with van der Waals surface area (Å²) < 4.78 is 8.14. The molecule has 0 amide bonds. The Balaban J connectivity index is 2.22. The standard InChI is InChI=1S/C12H14BrN3O/c1-17-12-4-9(2-3-10(12)5-14)7-16-8-11(13)6-15-16/h2-4,6,8H,5,7,14H2,1H3. The summed E-state index contributed by atoms with van der Waals surface area (Å²) in [5.74, 6) is 0.830. The van der Waals surface area contributed by atoms with Gasteiger partial charge in [0.15, 0.2) is 0 Å². The lowest BCUT2D eigenvalue weighted by atomic mass is 10.1. The number of nitrogens with two attached hydrogens (primary N) is 1. The van der Waals surface area contributed by atoms with Gasteiger partial charge in [0.05, 0.1) is 24.3 Å². The second-order valence-corrected chi connectivity index (χ2v) is 4.62. The van der Waals surface area contributed by atoms with E-state index in [0.29, 0.717) is 13.1 Å². The molecular formula is C12H14BrN3O. The van der Waals surface area contributed by atoms with Gasteiger partial charge >= 0.3 is 0 Å². The molecule has 0 fully saturated rings. The molecule has 4 nitrogen and oxygen atoms in total. The topological polar surface area (TPSA) is 53.1 Å². The molecule has 2 rings (SSSR count). The summed E-state index contributed by atoms with van der Waals surface area (Å²) in [7, 11) is 1.66. The first-order chi connectivity index (χ1) is 8.22. The fourth-order valence-corrected chi connectivity index (χ4v) is 2.00. The molecule has 0 unspecified atom stereocenters. The van der Waals surface area contributed by atoms with Crippen LogP contribution in [0.4, 0.5) is 0 Å². The van der Waals surface area contributed by atoms with E-state index in [1.54, 1.807) is 13.3 Å². The smallest absolute Gasteiger partial charge is 0.123 e. The predicted octanol–water partition coefficient (Wildman–Crippen LogP) is 2.16. The number of halogens is 1. The molecule has 0 aliphatic rings. The van der Waals surface area contributed by atoms with Crippen LogP contribution in [0.5, 0.6) is 5.75 Å². The van der Waals surface area contributed by atoms with E-state index in [1.807, 2.05) is 29.1 Å². The number of benzene rings is 1. The Morgan fingerprint density at radius 2 is 2.29 bits per heavy atom. The molecule has 0 saturated heterocycles. The lowest BCUT2D eigenvalue weighted by Gasteiger charge is -2.09. The molecule has 17 heavy (non-hydrogen) atoms. The number of methoxy groups -OCH3 is 1. The van der Waals surface area contributed by atoms with Gasteiger partial charge in [-0.2, -0.15) is 5.10 Å². The summed E-state index contributed by atoms with van der Waals surface area (Å²) in [5, 5.41) is 4.21. The highest BCUT2D eigenvalue weighted by molar-refractivity contribution is 9.10. The monoisotopic (exact) mass is 295 g/mol. The van der Waals surface area contributed by atoms with Crippen LogP contribution in [-0.2, 0) is 13.1 Å². The first-order valence-corrected chi connectivity index (χ1v) is 6.06. The van der Waals surface area contributed by atoms with E-state index in [1.165, 1.54) is 0 Å². The van der Waals surface area contributed by atoms with E-state index in [9.17, 15) is 0 Å². The Morgan fingerprint density at radius 3 is 2.88 bits per heavy atom. The van der Waals surface area contributed by atoms with E-state index < -0.39 is 0 Å². The molecular weight excluding hydrogens is 282 g/mol. The van der Waals surface area contributed by atoms with E-state index in [-0.39, 0.29) is 0 Å². The van der Waals surface area contributed by atoms with Crippen molar-refractivity contribution in [2.75, 3.05) is 7.11 Å². The molecule has 1 heterocycles. The van der Waals surface area contributed by atoms with E-state index >= 15 is 0 Å². The lowest BCUT2D eigenvalue weighted by Crippen LogP contribution is -2.03. The van der Waals surface area contributed by atoms with Gasteiger partial charge in [-0.05, 0) is 27.6 Å². The van der Waals surface area contributed by atoms with Crippen molar-refractivity contribution in [1.82, 2.24) is 9.78 Å². The summed E-state index contributed by atoms with van der Waals surface area (Å²) in [6.45, 7) is 1.20. The summed E-state index contributed by atoms with van der Waals surface area (Å²) >= 11 is 3.37. The van der Waals surface area contributed by atoms with Crippen molar-refractivity contribution in [1.29, 1.82) is 0 Å². The molecule has 0 spiro atoms. The highest BCUT2D eigenvalue weighted by Gasteiger charge is 2.04. The van der Waals surface area contributed by atoms with Crippen LogP contribution in [0.25, 0.3) is 0 Å². The quantitative estimate of drug-likeness (QED) is 0.940. The highest BCUT2D eigenvalue weighted by Crippen LogP contribution is 2.20. The maximum Gasteiger partial charge on any atom is 0.123 e. The van der Waals surface area contributed by atoms with Gasteiger partial charge in [-0.1, -0.05) is 12.1 Å². The minimum Gasteiger partial charge on any atom is -0.496 e.